The van der Waals surface area contributed by atoms with Crippen LogP contribution in [0, 0.1) is 6.92 Å². The molecule has 2 heterocycles. The standard InChI is InChI=1S/C10H11BrN4S2/c1-6-4-7(11)8(12-5-6)16-10-14-13-9(17-10)15(2)3/h4-5H,1-3H3. The fraction of sp³-hybridized carbons (Fsp3) is 0.300. The Hall–Kier alpha value is -0.660. The van der Waals surface area contributed by atoms with Crippen molar-refractivity contribution in [3.8, 4) is 0 Å². The van der Waals surface area contributed by atoms with Gasteiger partial charge in [0.2, 0.25) is 5.13 Å². The molecule has 0 aliphatic rings. The minimum atomic E-state index is 0.894. The summed E-state index contributed by atoms with van der Waals surface area (Å²) in [5.74, 6) is 0. The van der Waals surface area contributed by atoms with Crippen LogP contribution < -0.4 is 4.90 Å². The molecule has 0 saturated heterocycles. The zero-order valence-electron chi connectivity index (χ0n) is 9.64. The van der Waals surface area contributed by atoms with E-state index < -0.39 is 0 Å². The highest BCUT2D eigenvalue weighted by Crippen LogP contribution is 2.35. The molecule has 0 N–H and O–H groups in total. The fourth-order valence-corrected chi connectivity index (χ4v) is 3.45. The molecule has 0 spiro atoms. The molecule has 2 aromatic heterocycles. The molecule has 0 fully saturated rings. The van der Waals surface area contributed by atoms with Crippen LogP contribution >= 0.6 is 39.0 Å². The summed E-state index contributed by atoms with van der Waals surface area (Å²) in [6, 6.07) is 2.04. The van der Waals surface area contributed by atoms with Crippen molar-refractivity contribution < 1.29 is 0 Å². The minimum absolute atomic E-state index is 0.894. The number of hydrogen-bond donors (Lipinski definition) is 0. The van der Waals surface area contributed by atoms with Gasteiger partial charge in [-0.05, 0) is 46.2 Å². The van der Waals surface area contributed by atoms with Gasteiger partial charge in [-0.15, -0.1) is 10.2 Å². The number of aromatic nitrogens is 3. The number of nitrogens with zero attached hydrogens (tertiary/aromatic N) is 4. The van der Waals surface area contributed by atoms with Crippen LogP contribution in [-0.2, 0) is 0 Å². The van der Waals surface area contributed by atoms with E-state index in [0.717, 1.165) is 24.5 Å². The number of anilines is 1. The first-order valence-corrected chi connectivity index (χ1v) is 7.29. The highest BCUT2D eigenvalue weighted by molar-refractivity contribution is 9.10. The maximum absolute atomic E-state index is 4.37. The Kier molecular flexibility index (Phi) is 4.01. The fourth-order valence-electron chi connectivity index (χ4n) is 1.10. The zero-order chi connectivity index (χ0) is 12.4. The van der Waals surface area contributed by atoms with Gasteiger partial charge in [0.1, 0.15) is 5.03 Å². The molecular formula is C10H11BrN4S2. The van der Waals surface area contributed by atoms with Crippen LogP contribution in [0.15, 0.2) is 26.1 Å². The van der Waals surface area contributed by atoms with E-state index in [0.29, 0.717) is 0 Å². The van der Waals surface area contributed by atoms with E-state index in [2.05, 4.69) is 31.1 Å². The van der Waals surface area contributed by atoms with Crippen LogP contribution in [0.4, 0.5) is 5.13 Å². The Balaban J connectivity index is 2.19. The normalized spacial score (nSPS) is 10.6. The SMILES string of the molecule is Cc1cnc(Sc2nnc(N(C)C)s2)c(Br)c1. The van der Waals surface area contributed by atoms with Gasteiger partial charge in [0.25, 0.3) is 0 Å². The molecule has 17 heavy (non-hydrogen) atoms. The lowest BCUT2D eigenvalue weighted by atomic mass is 10.3. The molecule has 2 aromatic rings. The quantitative estimate of drug-likeness (QED) is 0.864. The van der Waals surface area contributed by atoms with Crippen molar-refractivity contribution in [2.24, 2.45) is 0 Å². The molecule has 0 aromatic carbocycles. The summed E-state index contributed by atoms with van der Waals surface area (Å²) in [6.45, 7) is 2.02. The first kappa shape index (κ1) is 12.8. The first-order chi connectivity index (χ1) is 8.06. The van der Waals surface area contributed by atoms with E-state index in [1.165, 1.54) is 11.8 Å². The second kappa shape index (κ2) is 5.32. The molecule has 0 unspecified atom stereocenters. The van der Waals surface area contributed by atoms with Crippen LogP contribution in [0.25, 0.3) is 0 Å². The Labute approximate surface area is 117 Å². The van der Waals surface area contributed by atoms with E-state index in [4.69, 9.17) is 0 Å². The van der Waals surface area contributed by atoms with E-state index in [1.54, 1.807) is 11.3 Å². The summed E-state index contributed by atoms with van der Waals surface area (Å²) < 4.78 is 1.88. The van der Waals surface area contributed by atoms with E-state index in [1.807, 2.05) is 38.2 Å². The van der Waals surface area contributed by atoms with Crippen molar-refractivity contribution in [1.82, 2.24) is 15.2 Å². The van der Waals surface area contributed by atoms with Crippen molar-refractivity contribution in [1.29, 1.82) is 0 Å². The molecule has 0 bridgehead atoms. The van der Waals surface area contributed by atoms with Gasteiger partial charge >= 0.3 is 0 Å². The molecule has 90 valence electrons. The molecule has 2 rings (SSSR count). The molecule has 0 aliphatic heterocycles. The zero-order valence-corrected chi connectivity index (χ0v) is 12.9. The Bertz CT molecular complexity index is 527. The van der Waals surface area contributed by atoms with Crippen LogP contribution in [0.1, 0.15) is 5.56 Å². The molecule has 0 saturated carbocycles. The van der Waals surface area contributed by atoms with Gasteiger partial charge in [0, 0.05) is 20.3 Å². The largest absolute Gasteiger partial charge is 0.353 e. The monoisotopic (exact) mass is 330 g/mol. The Morgan fingerprint density at radius 1 is 1.35 bits per heavy atom. The predicted octanol–water partition coefficient (Wildman–Crippen LogP) is 3.22. The number of halogens is 1. The van der Waals surface area contributed by atoms with Gasteiger partial charge in [-0.2, -0.15) is 0 Å². The van der Waals surface area contributed by atoms with E-state index in [9.17, 15) is 0 Å². The molecule has 4 nitrogen and oxygen atoms in total. The van der Waals surface area contributed by atoms with Gasteiger partial charge in [0.15, 0.2) is 4.34 Å². The van der Waals surface area contributed by atoms with Crippen LogP contribution in [0.5, 0.6) is 0 Å². The van der Waals surface area contributed by atoms with Crippen LogP contribution in [0.3, 0.4) is 0 Å². The van der Waals surface area contributed by atoms with Crippen molar-refractivity contribution in [3.05, 3.63) is 22.3 Å². The molecule has 7 heteroatoms. The lowest BCUT2D eigenvalue weighted by Gasteiger charge is -2.04. The van der Waals surface area contributed by atoms with E-state index in [-0.39, 0.29) is 0 Å². The third-order valence-electron chi connectivity index (χ3n) is 1.91. The van der Waals surface area contributed by atoms with Crippen molar-refractivity contribution in [3.63, 3.8) is 0 Å². The molecule has 0 amide bonds. The number of rotatable bonds is 3. The smallest absolute Gasteiger partial charge is 0.208 e. The van der Waals surface area contributed by atoms with Crippen LogP contribution in [-0.4, -0.2) is 29.3 Å². The van der Waals surface area contributed by atoms with Gasteiger partial charge in [0.05, 0.1) is 4.47 Å². The van der Waals surface area contributed by atoms with Crippen molar-refractivity contribution >= 4 is 44.2 Å². The van der Waals surface area contributed by atoms with Gasteiger partial charge in [-0.1, -0.05) is 11.3 Å². The Morgan fingerprint density at radius 3 is 2.71 bits per heavy atom. The maximum Gasteiger partial charge on any atom is 0.208 e. The van der Waals surface area contributed by atoms with Gasteiger partial charge in [-0.3, -0.25) is 0 Å². The summed E-state index contributed by atoms with van der Waals surface area (Å²) in [5.41, 5.74) is 1.13. The lowest BCUT2D eigenvalue weighted by molar-refractivity contribution is 0.969. The Morgan fingerprint density at radius 2 is 2.12 bits per heavy atom. The number of hydrogen-bond acceptors (Lipinski definition) is 6. The third-order valence-corrected chi connectivity index (χ3v) is 4.93. The van der Waals surface area contributed by atoms with Gasteiger partial charge in [-0.25, -0.2) is 4.98 Å². The average Bonchev–Trinajstić information content (AvgIpc) is 2.71. The second-order valence-electron chi connectivity index (χ2n) is 3.65. The molecular weight excluding hydrogens is 320 g/mol. The number of pyridine rings is 1. The average molecular weight is 331 g/mol. The van der Waals surface area contributed by atoms with Gasteiger partial charge < -0.3 is 4.90 Å². The van der Waals surface area contributed by atoms with E-state index >= 15 is 0 Å². The maximum atomic E-state index is 4.37. The highest BCUT2D eigenvalue weighted by Gasteiger charge is 2.10. The first-order valence-electron chi connectivity index (χ1n) is 4.87. The minimum Gasteiger partial charge on any atom is -0.353 e. The summed E-state index contributed by atoms with van der Waals surface area (Å²) in [6.07, 6.45) is 1.85. The molecule has 0 radical (unpaired) electrons. The summed E-state index contributed by atoms with van der Waals surface area (Å²) in [7, 11) is 3.91. The summed E-state index contributed by atoms with van der Waals surface area (Å²) in [5, 5.41) is 10.0. The summed E-state index contributed by atoms with van der Waals surface area (Å²) >= 11 is 6.58. The van der Waals surface area contributed by atoms with Crippen molar-refractivity contribution in [2.75, 3.05) is 19.0 Å². The second-order valence-corrected chi connectivity index (χ2v) is 6.69. The van der Waals surface area contributed by atoms with Crippen LogP contribution in [0.2, 0.25) is 0 Å². The number of aryl methyl sites for hydroxylation is 1. The van der Waals surface area contributed by atoms with Crippen molar-refractivity contribution in [2.45, 2.75) is 16.3 Å². The predicted molar refractivity (Wildman–Crippen MR) is 75.0 cm³/mol. The highest BCUT2D eigenvalue weighted by atomic mass is 79.9. The summed E-state index contributed by atoms with van der Waals surface area (Å²) in [4.78, 5) is 6.31. The topological polar surface area (TPSA) is 41.9 Å². The lowest BCUT2D eigenvalue weighted by Crippen LogP contribution is -2.07. The third kappa shape index (κ3) is 3.17. The molecule has 0 atom stereocenters. The molecule has 0 aliphatic carbocycles.